The fraction of sp³-hybridized carbons (Fsp3) is 0.375. The van der Waals surface area contributed by atoms with Gasteiger partial charge in [0.2, 0.25) is 10.0 Å². The van der Waals surface area contributed by atoms with Gasteiger partial charge < -0.3 is 5.11 Å². The maximum atomic E-state index is 11.6. The standard InChI is InChI=1S/C8H10N2O6S2/c11-7(12)2-1-5-9-18(15,16)8-4-3-6(17-8)10(13)14/h3-4,9H,1-2,5H2,(H,11,12). The van der Waals surface area contributed by atoms with Gasteiger partial charge in [-0.1, -0.05) is 0 Å². The number of thiophene rings is 1. The highest BCUT2D eigenvalue weighted by Crippen LogP contribution is 2.27. The molecule has 0 atom stereocenters. The Labute approximate surface area is 106 Å². The summed E-state index contributed by atoms with van der Waals surface area (Å²) in [5.41, 5.74) is 0. The molecule has 1 rings (SSSR count). The Hall–Kier alpha value is -1.52. The lowest BCUT2D eigenvalue weighted by atomic mass is 10.3. The van der Waals surface area contributed by atoms with Crippen LogP contribution in [0.5, 0.6) is 0 Å². The molecule has 0 aliphatic carbocycles. The van der Waals surface area contributed by atoms with Gasteiger partial charge in [0.15, 0.2) is 0 Å². The highest BCUT2D eigenvalue weighted by Gasteiger charge is 2.20. The molecule has 0 aliphatic rings. The third-order valence-corrected chi connectivity index (χ3v) is 4.86. The van der Waals surface area contributed by atoms with Crippen LogP contribution in [0.25, 0.3) is 0 Å². The van der Waals surface area contributed by atoms with E-state index >= 15 is 0 Å². The number of nitrogens with zero attached hydrogens (tertiary/aromatic N) is 1. The van der Waals surface area contributed by atoms with Crippen LogP contribution in [0.2, 0.25) is 0 Å². The Morgan fingerprint density at radius 2 is 2.17 bits per heavy atom. The van der Waals surface area contributed by atoms with Crippen molar-refractivity contribution >= 4 is 32.3 Å². The largest absolute Gasteiger partial charge is 0.481 e. The number of carboxylic acid groups (broad SMARTS) is 1. The first-order valence-corrected chi connectivity index (χ1v) is 7.08. The molecular weight excluding hydrogens is 284 g/mol. The molecule has 0 spiro atoms. The normalized spacial score (nSPS) is 11.3. The minimum absolute atomic E-state index is 0.0274. The van der Waals surface area contributed by atoms with Crippen LogP contribution in [0.15, 0.2) is 16.3 Å². The molecule has 2 N–H and O–H groups in total. The Kier molecular flexibility index (Phi) is 4.76. The van der Waals surface area contributed by atoms with E-state index in [1.165, 1.54) is 0 Å². The number of hydrogen-bond donors (Lipinski definition) is 2. The third kappa shape index (κ3) is 4.05. The SMILES string of the molecule is O=C(O)CCCNS(=O)(=O)c1ccc([N+](=O)[O-])s1. The van der Waals surface area contributed by atoms with E-state index in [4.69, 9.17) is 5.11 Å². The molecule has 18 heavy (non-hydrogen) atoms. The monoisotopic (exact) mass is 294 g/mol. The van der Waals surface area contributed by atoms with Crippen LogP contribution < -0.4 is 4.72 Å². The smallest absolute Gasteiger partial charge is 0.325 e. The van der Waals surface area contributed by atoms with E-state index in [2.05, 4.69) is 4.72 Å². The van der Waals surface area contributed by atoms with Crippen LogP contribution in [-0.4, -0.2) is 31.0 Å². The fourth-order valence-electron chi connectivity index (χ4n) is 1.07. The fourth-order valence-corrected chi connectivity index (χ4v) is 3.30. The molecule has 0 bridgehead atoms. The zero-order chi connectivity index (χ0) is 13.8. The van der Waals surface area contributed by atoms with E-state index in [-0.39, 0.29) is 28.6 Å². The van der Waals surface area contributed by atoms with Gasteiger partial charge >= 0.3 is 11.0 Å². The summed E-state index contributed by atoms with van der Waals surface area (Å²) in [5.74, 6) is -1.01. The molecule has 0 saturated heterocycles. The van der Waals surface area contributed by atoms with Crippen LogP contribution in [0.4, 0.5) is 5.00 Å². The average molecular weight is 294 g/mol. The quantitative estimate of drug-likeness (QED) is 0.435. The van der Waals surface area contributed by atoms with Crippen LogP contribution in [0, 0.1) is 10.1 Å². The molecular formula is C8H10N2O6S2. The van der Waals surface area contributed by atoms with Gasteiger partial charge in [-0.15, -0.1) is 0 Å². The van der Waals surface area contributed by atoms with Crippen molar-refractivity contribution in [2.75, 3.05) is 6.54 Å². The molecule has 0 unspecified atom stereocenters. The van der Waals surface area contributed by atoms with Crippen molar-refractivity contribution in [1.82, 2.24) is 4.72 Å². The first kappa shape index (κ1) is 14.5. The highest BCUT2D eigenvalue weighted by atomic mass is 32.2. The van der Waals surface area contributed by atoms with Gasteiger partial charge in [-0.25, -0.2) is 13.1 Å². The topological polar surface area (TPSA) is 127 Å². The lowest BCUT2D eigenvalue weighted by molar-refractivity contribution is -0.380. The van der Waals surface area contributed by atoms with Crippen molar-refractivity contribution in [2.24, 2.45) is 0 Å². The van der Waals surface area contributed by atoms with Crippen LogP contribution >= 0.6 is 11.3 Å². The second-order valence-corrected chi connectivity index (χ2v) is 6.30. The average Bonchev–Trinajstić information content (AvgIpc) is 2.74. The molecule has 0 amide bonds. The Balaban J connectivity index is 2.62. The molecule has 8 nitrogen and oxygen atoms in total. The molecule has 0 radical (unpaired) electrons. The van der Waals surface area contributed by atoms with Crippen molar-refractivity contribution < 1.29 is 23.2 Å². The Bertz CT molecular complexity index is 550. The number of hydrogen-bond acceptors (Lipinski definition) is 6. The van der Waals surface area contributed by atoms with E-state index in [9.17, 15) is 23.3 Å². The maximum Gasteiger partial charge on any atom is 0.325 e. The molecule has 0 aromatic carbocycles. The van der Waals surface area contributed by atoms with Gasteiger partial charge in [-0.2, -0.15) is 0 Å². The Morgan fingerprint density at radius 3 is 2.67 bits per heavy atom. The van der Waals surface area contributed by atoms with Gasteiger partial charge in [0.05, 0.1) is 4.92 Å². The summed E-state index contributed by atoms with van der Waals surface area (Å²) in [7, 11) is -3.80. The minimum atomic E-state index is -3.80. The lowest BCUT2D eigenvalue weighted by Gasteiger charge is -2.02. The van der Waals surface area contributed by atoms with Crippen LogP contribution in [0.1, 0.15) is 12.8 Å². The summed E-state index contributed by atoms with van der Waals surface area (Å²) < 4.78 is 25.3. The molecule has 1 heterocycles. The summed E-state index contributed by atoms with van der Waals surface area (Å²) >= 11 is 0.546. The molecule has 0 fully saturated rings. The molecule has 1 aromatic heterocycles. The number of carbonyl (C=O) groups is 1. The number of sulfonamides is 1. The van der Waals surface area contributed by atoms with Crippen molar-refractivity contribution in [3.05, 3.63) is 22.2 Å². The number of nitro groups is 1. The van der Waals surface area contributed by atoms with Gasteiger partial charge in [0.1, 0.15) is 4.21 Å². The zero-order valence-electron chi connectivity index (χ0n) is 9.03. The van der Waals surface area contributed by atoms with Crippen molar-refractivity contribution in [3.8, 4) is 0 Å². The van der Waals surface area contributed by atoms with E-state index < -0.39 is 20.9 Å². The number of carboxylic acids is 1. The van der Waals surface area contributed by atoms with E-state index in [1.807, 2.05) is 0 Å². The van der Waals surface area contributed by atoms with Gasteiger partial charge in [0, 0.05) is 19.0 Å². The lowest BCUT2D eigenvalue weighted by Crippen LogP contribution is -2.24. The predicted molar refractivity (Wildman–Crippen MR) is 63.0 cm³/mol. The van der Waals surface area contributed by atoms with E-state index in [0.29, 0.717) is 11.3 Å². The van der Waals surface area contributed by atoms with E-state index in [0.717, 1.165) is 12.1 Å². The van der Waals surface area contributed by atoms with Gasteiger partial charge in [0.25, 0.3) is 0 Å². The molecule has 0 aliphatic heterocycles. The summed E-state index contributed by atoms with van der Waals surface area (Å²) in [4.78, 5) is 20.0. The Morgan fingerprint density at radius 1 is 1.50 bits per heavy atom. The molecule has 100 valence electrons. The first-order valence-electron chi connectivity index (χ1n) is 4.78. The van der Waals surface area contributed by atoms with Crippen LogP contribution in [-0.2, 0) is 14.8 Å². The summed E-state index contributed by atoms with van der Waals surface area (Å²) in [5, 5.41) is 18.5. The van der Waals surface area contributed by atoms with E-state index in [1.54, 1.807) is 0 Å². The number of aliphatic carboxylic acids is 1. The summed E-state index contributed by atoms with van der Waals surface area (Å²) in [6.07, 6.45) is 0.00907. The van der Waals surface area contributed by atoms with Crippen molar-refractivity contribution in [2.45, 2.75) is 17.1 Å². The van der Waals surface area contributed by atoms with Gasteiger partial charge in [-0.05, 0) is 23.8 Å². The zero-order valence-corrected chi connectivity index (χ0v) is 10.7. The van der Waals surface area contributed by atoms with Crippen molar-refractivity contribution in [1.29, 1.82) is 0 Å². The predicted octanol–water partition coefficient (Wildman–Crippen LogP) is 0.799. The summed E-state index contributed by atoms with van der Waals surface area (Å²) in [6, 6.07) is 2.25. The minimum Gasteiger partial charge on any atom is -0.481 e. The van der Waals surface area contributed by atoms with Crippen molar-refractivity contribution in [3.63, 3.8) is 0 Å². The molecule has 1 aromatic rings. The number of rotatable bonds is 7. The second kappa shape index (κ2) is 5.89. The number of nitrogens with one attached hydrogen (secondary N) is 1. The highest BCUT2D eigenvalue weighted by molar-refractivity contribution is 7.91. The first-order chi connectivity index (χ1) is 8.33. The van der Waals surface area contributed by atoms with Crippen LogP contribution in [0.3, 0.4) is 0 Å². The summed E-state index contributed by atoms with van der Waals surface area (Å²) in [6.45, 7) is -0.0274. The third-order valence-electron chi connectivity index (χ3n) is 1.87. The second-order valence-electron chi connectivity index (χ2n) is 3.24. The molecule has 10 heteroatoms. The van der Waals surface area contributed by atoms with Gasteiger partial charge in [-0.3, -0.25) is 14.9 Å². The maximum absolute atomic E-state index is 11.6. The molecule has 0 saturated carbocycles.